The van der Waals surface area contributed by atoms with Crippen molar-refractivity contribution in [1.82, 2.24) is 10.3 Å². The highest BCUT2D eigenvalue weighted by Crippen LogP contribution is 2.30. The molecule has 3 heteroatoms. The Morgan fingerprint density at radius 2 is 2.00 bits per heavy atom. The molecule has 0 bridgehead atoms. The van der Waals surface area contributed by atoms with E-state index in [4.69, 9.17) is 4.98 Å². The van der Waals surface area contributed by atoms with Crippen LogP contribution in [0.3, 0.4) is 0 Å². The molecular formula is C18H31N3. The molecule has 0 saturated heterocycles. The molecule has 1 N–H and O–H groups in total. The summed E-state index contributed by atoms with van der Waals surface area (Å²) in [6.07, 6.45) is 5.15. The molecule has 118 valence electrons. The quantitative estimate of drug-likeness (QED) is 0.806. The maximum atomic E-state index is 4.93. The van der Waals surface area contributed by atoms with Crippen molar-refractivity contribution in [2.24, 2.45) is 0 Å². The van der Waals surface area contributed by atoms with Crippen molar-refractivity contribution >= 4 is 5.82 Å². The van der Waals surface area contributed by atoms with Gasteiger partial charge in [-0.05, 0) is 49.9 Å². The average molecular weight is 289 g/mol. The molecule has 1 aromatic rings. The molecule has 1 saturated carbocycles. The SMILES string of the molecule is CCCNCc1cc(N(C)C2CCC2)nc(C(C)(C)C)c1. The highest BCUT2D eigenvalue weighted by molar-refractivity contribution is 5.44. The molecule has 2 rings (SSSR count). The Labute approximate surface area is 130 Å². The lowest BCUT2D eigenvalue weighted by Crippen LogP contribution is -2.38. The number of hydrogen-bond donors (Lipinski definition) is 1. The van der Waals surface area contributed by atoms with Gasteiger partial charge in [0.15, 0.2) is 0 Å². The van der Waals surface area contributed by atoms with Gasteiger partial charge in [-0.25, -0.2) is 4.98 Å². The van der Waals surface area contributed by atoms with Crippen LogP contribution in [0.25, 0.3) is 0 Å². The summed E-state index contributed by atoms with van der Waals surface area (Å²) in [7, 11) is 2.20. The van der Waals surface area contributed by atoms with Crippen molar-refractivity contribution in [3.63, 3.8) is 0 Å². The summed E-state index contributed by atoms with van der Waals surface area (Å²) in [4.78, 5) is 7.31. The molecule has 0 aliphatic heterocycles. The van der Waals surface area contributed by atoms with Gasteiger partial charge in [0.2, 0.25) is 0 Å². The minimum Gasteiger partial charge on any atom is -0.357 e. The normalized spacial score (nSPS) is 15.9. The molecule has 21 heavy (non-hydrogen) atoms. The molecule has 0 aromatic carbocycles. The highest BCUT2D eigenvalue weighted by atomic mass is 15.2. The van der Waals surface area contributed by atoms with Crippen LogP contribution in [-0.2, 0) is 12.0 Å². The van der Waals surface area contributed by atoms with Crippen molar-refractivity contribution in [3.05, 3.63) is 23.4 Å². The summed E-state index contributed by atoms with van der Waals surface area (Å²) in [5.74, 6) is 1.14. The van der Waals surface area contributed by atoms with Crippen molar-refractivity contribution in [1.29, 1.82) is 0 Å². The van der Waals surface area contributed by atoms with Crippen LogP contribution in [0.1, 0.15) is 64.6 Å². The summed E-state index contributed by atoms with van der Waals surface area (Å²) in [5, 5.41) is 3.51. The first-order chi connectivity index (χ1) is 9.91. The molecule has 0 radical (unpaired) electrons. The Balaban J connectivity index is 2.23. The van der Waals surface area contributed by atoms with Crippen LogP contribution >= 0.6 is 0 Å². The lowest BCUT2D eigenvalue weighted by Gasteiger charge is -2.36. The molecule has 0 unspecified atom stereocenters. The molecule has 0 atom stereocenters. The summed E-state index contributed by atoms with van der Waals surface area (Å²) < 4.78 is 0. The van der Waals surface area contributed by atoms with Crippen LogP contribution in [0.15, 0.2) is 12.1 Å². The molecule has 0 amide bonds. The molecule has 1 aliphatic carbocycles. The second-order valence-corrected chi connectivity index (χ2v) is 7.34. The monoisotopic (exact) mass is 289 g/mol. The first-order valence-corrected chi connectivity index (χ1v) is 8.37. The molecule has 1 aliphatic rings. The van der Waals surface area contributed by atoms with E-state index in [0.717, 1.165) is 18.9 Å². The third kappa shape index (κ3) is 4.19. The first kappa shape index (κ1) is 16.3. The van der Waals surface area contributed by atoms with Gasteiger partial charge in [0.05, 0.1) is 0 Å². The van der Waals surface area contributed by atoms with Gasteiger partial charge in [-0.3, -0.25) is 0 Å². The van der Waals surface area contributed by atoms with Crippen LogP contribution in [0, 0.1) is 0 Å². The van der Waals surface area contributed by atoms with Crippen LogP contribution in [0.4, 0.5) is 5.82 Å². The van der Waals surface area contributed by atoms with E-state index in [0.29, 0.717) is 6.04 Å². The van der Waals surface area contributed by atoms with Crippen LogP contribution in [-0.4, -0.2) is 24.6 Å². The molecule has 0 spiro atoms. The predicted octanol–water partition coefficient (Wildman–Crippen LogP) is 3.87. The summed E-state index contributed by atoms with van der Waals surface area (Å²) >= 11 is 0. The number of pyridine rings is 1. The lowest BCUT2D eigenvalue weighted by molar-refractivity contribution is 0.398. The fraction of sp³-hybridized carbons (Fsp3) is 0.722. The maximum absolute atomic E-state index is 4.93. The lowest BCUT2D eigenvalue weighted by atomic mass is 9.90. The van der Waals surface area contributed by atoms with E-state index in [2.05, 4.69) is 57.1 Å². The van der Waals surface area contributed by atoms with E-state index in [9.17, 15) is 0 Å². The third-order valence-corrected chi connectivity index (χ3v) is 4.38. The van der Waals surface area contributed by atoms with Crippen molar-refractivity contribution in [2.75, 3.05) is 18.5 Å². The molecular weight excluding hydrogens is 258 g/mol. The molecule has 1 fully saturated rings. The van der Waals surface area contributed by atoms with Crippen LogP contribution in [0.5, 0.6) is 0 Å². The summed E-state index contributed by atoms with van der Waals surface area (Å²) in [5.41, 5.74) is 2.64. The number of nitrogens with one attached hydrogen (secondary N) is 1. The predicted molar refractivity (Wildman–Crippen MR) is 91.0 cm³/mol. The second kappa shape index (κ2) is 6.78. The molecule has 1 aromatic heterocycles. The van der Waals surface area contributed by atoms with E-state index in [1.807, 2.05) is 0 Å². The standard InChI is InChI=1S/C18H31N3/c1-6-10-19-13-14-11-16(18(2,3)4)20-17(12-14)21(5)15-8-7-9-15/h11-12,15,19H,6-10,13H2,1-5H3. The summed E-state index contributed by atoms with van der Waals surface area (Å²) in [6.45, 7) is 10.9. The van der Waals surface area contributed by atoms with Gasteiger partial charge in [-0.1, -0.05) is 27.7 Å². The Morgan fingerprint density at radius 3 is 2.52 bits per heavy atom. The van der Waals surface area contributed by atoms with Gasteiger partial charge in [-0.2, -0.15) is 0 Å². The topological polar surface area (TPSA) is 28.2 Å². The van der Waals surface area contributed by atoms with Crippen molar-refractivity contribution in [2.45, 2.75) is 71.4 Å². The third-order valence-electron chi connectivity index (χ3n) is 4.38. The average Bonchev–Trinajstić information content (AvgIpc) is 2.35. The van der Waals surface area contributed by atoms with Crippen molar-refractivity contribution in [3.8, 4) is 0 Å². The van der Waals surface area contributed by atoms with E-state index >= 15 is 0 Å². The smallest absolute Gasteiger partial charge is 0.129 e. The van der Waals surface area contributed by atoms with Crippen LogP contribution < -0.4 is 10.2 Å². The Bertz CT molecular complexity index is 458. The van der Waals surface area contributed by atoms with E-state index in [1.165, 1.54) is 36.9 Å². The Hall–Kier alpha value is -1.09. The zero-order valence-corrected chi connectivity index (χ0v) is 14.4. The highest BCUT2D eigenvalue weighted by Gasteiger charge is 2.25. The van der Waals surface area contributed by atoms with Gasteiger partial charge < -0.3 is 10.2 Å². The summed E-state index contributed by atoms with van der Waals surface area (Å²) in [6, 6.07) is 5.21. The number of rotatable bonds is 6. The van der Waals surface area contributed by atoms with E-state index < -0.39 is 0 Å². The number of hydrogen-bond acceptors (Lipinski definition) is 3. The fourth-order valence-electron chi connectivity index (χ4n) is 2.61. The minimum atomic E-state index is 0.0932. The zero-order chi connectivity index (χ0) is 15.5. The van der Waals surface area contributed by atoms with Crippen molar-refractivity contribution < 1.29 is 0 Å². The van der Waals surface area contributed by atoms with E-state index in [-0.39, 0.29) is 5.41 Å². The van der Waals surface area contributed by atoms with Gasteiger partial charge in [-0.15, -0.1) is 0 Å². The zero-order valence-electron chi connectivity index (χ0n) is 14.4. The fourth-order valence-corrected chi connectivity index (χ4v) is 2.61. The molecule has 3 nitrogen and oxygen atoms in total. The number of aromatic nitrogens is 1. The second-order valence-electron chi connectivity index (χ2n) is 7.34. The molecule has 1 heterocycles. The van der Waals surface area contributed by atoms with Gasteiger partial charge >= 0.3 is 0 Å². The van der Waals surface area contributed by atoms with Gasteiger partial charge in [0.25, 0.3) is 0 Å². The number of anilines is 1. The van der Waals surface area contributed by atoms with Gasteiger partial charge in [0.1, 0.15) is 5.82 Å². The van der Waals surface area contributed by atoms with E-state index in [1.54, 1.807) is 0 Å². The largest absolute Gasteiger partial charge is 0.357 e. The van der Waals surface area contributed by atoms with Crippen LogP contribution in [0.2, 0.25) is 0 Å². The Kier molecular flexibility index (Phi) is 5.26. The Morgan fingerprint density at radius 1 is 1.29 bits per heavy atom. The minimum absolute atomic E-state index is 0.0932. The first-order valence-electron chi connectivity index (χ1n) is 8.37. The maximum Gasteiger partial charge on any atom is 0.129 e. The van der Waals surface area contributed by atoms with Gasteiger partial charge in [0, 0.05) is 30.7 Å². The number of nitrogens with zero attached hydrogens (tertiary/aromatic N) is 2.